The predicted octanol–water partition coefficient (Wildman–Crippen LogP) is 0.776. The summed E-state index contributed by atoms with van der Waals surface area (Å²) >= 11 is 0. The lowest BCUT2D eigenvalue weighted by molar-refractivity contribution is 0.398. The van der Waals surface area contributed by atoms with Crippen LogP contribution in [-0.2, 0) is 0 Å². The average Bonchev–Trinajstić information content (AvgIpc) is 2.89. The molecule has 1 fully saturated rings. The molecular formula is C14H22N6O. The highest BCUT2D eigenvalue weighted by Gasteiger charge is 2.18. The van der Waals surface area contributed by atoms with E-state index >= 15 is 0 Å². The summed E-state index contributed by atoms with van der Waals surface area (Å²) in [5, 5.41) is 10.0. The largest absolute Gasteiger partial charge is 0.355 e. The second kappa shape index (κ2) is 6.26. The molecule has 0 spiro atoms. The minimum atomic E-state index is -0.250. The van der Waals surface area contributed by atoms with E-state index in [-0.39, 0.29) is 5.69 Å². The van der Waals surface area contributed by atoms with Crippen molar-refractivity contribution >= 4 is 11.5 Å². The maximum atomic E-state index is 11.5. The van der Waals surface area contributed by atoms with E-state index in [4.69, 9.17) is 0 Å². The lowest BCUT2D eigenvalue weighted by Crippen LogP contribution is -2.44. The molecule has 7 heteroatoms. The number of aromatic nitrogens is 4. The Morgan fingerprint density at radius 3 is 3.14 bits per heavy atom. The van der Waals surface area contributed by atoms with Crippen LogP contribution in [0.25, 0.3) is 5.65 Å². The predicted molar refractivity (Wildman–Crippen MR) is 81.8 cm³/mol. The van der Waals surface area contributed by atoms with Gasteiger partial charge in [-0.25, -0.2) is 19.3 Å². The van der Waals surface area contributed by atoms with E-state index in [9.17, 15) is 4.79 Å². The third-order valence-electron chi connectivity index (χ3n) is 3.97. The van der Waals surface area contributed by atoms with Crippen LogP contribution in [0.5, 0.6) is 0 Å². The van der Waals surface area contributed by atoms with Crippen LogP contribution in [0, 0.1) is 0 Å². The number of fused-ring (bicyclic) bond motifs is 1. The Bertz CT molecular complexity index is 642. The van der Waals surface area contributed by atoms with E-state index < -0.39 is 0 Å². The van der Waals surface area contributed by atoms with Gasteiger partial charge in [0.1, 0.15) is 12.1 Å². The Morgan fingerprint density at radius 2 is 2.38 bits per heavy atom. The summed E-state index contributed by atoms with van der Waals surface area (Å²) < 4.78 is 1.42. The highest BCUT2D eigenvalue weighted by Crippen LogP contribution is 2.15. The molecule has 7 nitrogen and oxygen atoms in total. The number of nitrogens with one attached hydrogen (secondary N) is 2. The van der Waals surface area contributed by atoms with E-state index in [0.717, 1.165) is 31.9 Å². The van der Waals surface area contributed by atoms with Crippen molar-refractivity contribution in [2.45, 2.75) is 38.6 Å². The second-order valence-corrected chi connectivity index (χ2v) is 5.60. The van der Waals surface area contributed by atoms with Crippen LogP contribution in [0.2, 0.25) is 0 Å². The third kappa shape index (κ3) is 3.07. The van der Waals surface area contributed by atoms with E-state index in [2.05, 4.69) is 32.3 Å². The molecule has 1 unspecified atom stereocenters. The van der Waals surface area contributed by atoms with Gasteiger partial charge in [-0.05, 0) is 25.8 Å². The fourth-order valence-corrected chi connectivity index (χ4v) is 2.89. The minimum Gasteiger partial charge on any atom is -0.355 e. The molecule has 2 aromatic heterocycles. The number of H-pyrrole nitrogens is 1. The summed E-state index contributed by atoms with van der Waals surface area (Å²) in [6.07, 6.45) is 6.38. The first kappa shape index (κ1) is 14.1. The van der Waals surface area contributed by atoms with Crippen LogP contribution < -0.4 is 15.9 Å². The fraction of sp³-hybridized carbons (Fsp3) is 0.643. The van der Waals surface area contributed by atoms with Crippen LogP contribution in [0.4, 0.5) is 5.82 Å². The summed E-state index contributed by atoms with van der Waals surface area (Å²) in [5.41, 5.74) is 0.364. The van der Waals surface area contributed by atoms with Gasteiger partial charge in [-0.2, -0.15) is 5.10 Å². The summed E-state index contributed by atoms with van der Waals surface area (Å²) in [6.45, 7) is 5.17. The van der Waals surface area contributed by atoms with Crippen LogP contribution >= 0.6 is 0 Å². The van der Waals surface area contributed by atoms with Crippen LogP contribution in [0.15, 0.2) is 17.2 Å². The minimum absolute atomic E-state index is 0.250. The molecule has 3 heterocycles. The van der Waals surface area contributed by atoms with Gasteiger partial charge in [0.05, 0.1) is 0 Å². The zero-order valence-electron chi connectivity index (χ0n) is 12.4. The maximum Gasteiger partial charge on any atom is 0.348 e. The van der Waals surface area contributed by atoms with Crippen molar-refractivity contribution in [3.8, 4) is 0 Å². The number of nitrogens with zero attached hydrogens (tertiary/aromatic N) is 4. The number of hydrogen-bond acceptors (Lipinski definition) is 5. The lowest BCUT2D eigenvalue weighted by atomic mass is 10.0. The molecule has 21 heavy (non-hydrogen) atoms. The number of anilines is 1. The summed E-state index contributed by atoms with van der Waals surface area (Å²) in [5.74, 6) is 0.885. The number of aromatic amines is 1. The first-order valence-corrected chi connectivity index (χ1v) is 7.69. The Hall–Kier alpha value is -1.89. The Kier molecular flexibility index (Phi) is 4.19. The average molecular weight is 290 g/mol. The molecule has 0 bridgehead atoms. The molecule has 3 rings (SSSR count). The van der Waals surface area contributed by atoms with Crippen molar-refractivity contribution in [1.82, 2.24) is 24.9 Å². The van der Waals surface area contributed by atoms with Crippen molar-refractivity contribution in [3.63, 3.8) is 0 Å². The topological polar surface area (TPSA) is 78.3 Å². The van der Waals surface area contributed by atoms with Gasteiger partial charge in [0.15, 0.2) is 5.65 Å². The summed E-state index contributed by atoms with van der Waals surface area (Å²) in [7, 11) is 0. The molecule has 0 aliphatic carbocycles. The fourth-order valence-electron chi connectivity index (χ4n) is 2.89. The SMILES string of the molecule is CCCN(CC1CCCCN1)c1cc2n[nH]c(=O)n2cn1. The monoisotopic (exact) mass is 290 g/mol. The maximum absolute atomic E-state index is 11.5. The number of piperidine rings is 1. The number of hydrogen-bond donors (Lipinski definition) is 2. The van der Waals surface area contributed by atoms with Gasteiger partial charge < -0.3 is 10.2 Å². The van der Waals surface area contributed by atoms with Gasteiger partial charge in [0.2, 0.25) is 0 Å². The molecular weight excluding hydrogens is 268 g/mol. The standard InChI is InChI=1S/C14H22N6O/c1-2-7-19(9-11-5-3-4-6-15-11)12-8-13-17-18-14(21)20(13)10-16-12/h8,10-11,15H,2-7,9H2,1H3,(H,18,21). The highest BCUT2D eigenvalue weighted by atomic mass is 16.1. The van der Waals surface area contributed by atoms with E-state index in [1.165, 1.54) is 23.7 Å². The molecule has 1 atom stereocenters. The quantitative estimate of drug-likeness (QED) is 0.850. The molecule has 1 aliphatic rings. The molecule has 2 aromatic rings. The van der Waals surface area contributed by atoms with Gasteiger partial charge in [0, 0.05) is 25.2 Å². The molecule has 2 N–H and O–H groups in total. The first-order chi connectivity index (χ1) is 10.3. The molecule has 0 radical (unpaired) electrons. The van der Waals surface area contributed by atoms with Gasteiger partial charge in [-0.3, -0.25) is 0 Å². The summed E-state index contributed by atoms with van der Waals surface area (Å²) in [6, 6.07) is 2.39. The zero-order chi connectivity index (χ0) is 14.7. The van der Waals surface area contributed by atoms with Crippen molar-refractivity contribution in [2.75, 3.05) is 24.5 Å². The van der Waals surface area contributed by atoms with Gasteiger partial charge >= 0.3 is 5.69 Å². The Balaban J connectivity index is 1.81. The van der Waals surface area contributed by atoms with Crippen LogP contribution in [0.3, 0.4) is 0 Å². The molecule has 1 aliphatic heterocycles. The van der Waals surface area contributed by atoms with E-state index in [1.807, 2.05) is 6.07 Å². The Morgan fingerprint density at radius 1 is 1.48 bits per heavy atom. The third-order valence-corrected chi connectivity index (χ3v) is 3.97. The zero-order valence-corrected chi connectivity index (χ0v) is 12.4. The smallest absolute Gasteiger partial charge is 0.348 e. The van der Waals surface area contributed by atoms with E-state index in [1.54, 1.807) is 6.33 Å². The van der Waals surface area contributed by atoms with E-state index in [0.29, 0.717) is 11.7 Å². The van der Waals surface area contributed by atoms with Crippen molar-refractivity contribution in [3.05, 3.63) is 22.9 Å². The highest BCUT2D eigenvalue weighted by molar-refractivity contribution is 5.50. The van der Waals surface area contributed by atoms with Crippen LogP contribution in [0.1, 0.15) is 32.6 Å². The summed E-state index contributed by atoms with van der Waals surface area (Å²) in [4.78, 5) is 18.2. The lowest BCUT2D eigenvalue weighted by Gasteiger charge is -2.31. The van der Waals surface area contributed by atoms with Gasteiger partial charge in [0.25, 0.3) is 0 Å². The molecule has 114 valence electrons. The molecule has 0 saturated carbocycles. The van der Waals surface area contributed by atoms with Crippen LogP contribution in [-0.4, -0.2) is 45.3 Å². The van der Waals surface area contributed by atoms with Crippen molar-refractivity contribution in [2.24, 2.45) is 0 Å². The molecule has 1 saturated heterocycles. The number of rotatable bonds is 5. The normalized spacial score (nSPS) is 19.0. The molecule has 0 amide bonds. The van der Waals surface area contributed by atoms with Crippen molar-refractivity contribution in [1.29, 1.82) is 0 Å². The first-order valence-electron chi connectivity index (χ1n) is 7.69. The Labute approximate surface area is 123 Å². The van der Waals surface area contributed by atoms with Gasteiger partial charge in [-0.1, -0.05) is 13.3 Å². The second-order valence-electron chi connectivity index (χ2n) is 5.60. The molecule has 0 aromatic carbocycles. The van der Waals surface area contributed by atoms with Crippen molar-refractivity contribution < 1.29 is 0 Å². The van der Waals surface area contributed by atoms with Gasteiger partial charge in [-0.15, -0.1) is 0 Å².